The zero-order chi connectivity index (χ0) is 13.2. The molecule has 0 fully saturated rings. The second kappa shape index (κ2) is 5.47. The van der Waals surface area contributed by atoms with Gasteiger partial charge in [-0.15, -0.1) is 11.3 Å². The van der Waals surface area contributed by atoms with Crippen LogP contribution in [-0.2, 0) is 13.0 Å². The number of halogens is 1. The Balaban J connectivity index is 1.85. The molecule has 1 aromatic heterocycles. The zero-order valence-electron chi connectivity index (χ0n) is 10.4. The first-order valence-corrected chi connectivity index (χ1v) is 8.01. The fourth-order valence-electron chi connectivity index (χ4n) is 2.45. The van der Waals surface area contributed by atoms with Crippen molar-refractivity contribution in [3.8, 4) is 0 Å². The quantitative estimate of drug-likeness (QED) is 0.809. The average Bonchev–Trinajstić information content (AvgIpc) is 2.75. The number of aryl methyl sites for hydroxylation is 1. The van der Waals surface area contributed by atoms with Crippen molar-refractivity contribution in [2.75, 3.05) is 6.54 Å². The summed E-state index contributed by atoms with van der Waals surface area (Å²) in [6, 6.07) is 10.1. The first kappa shape index (κ1) is 12.9. The van der Waals surface area contributed by atoms with Crippen molar-refractivity contribution in [1.29, 1.82) is 0 Å². The highest BCUT2D eigenvalue weighted by Crippen LogP contribution is 2.24. The Morgan fingerprint density at radius 1 is 1.32 bits per heavy atom. The maximum Gasteiger partial charge on any atom is 0.254 e. The van der Waals surface area contributed by atoms with Gasteiger partial charge in [-0.05, 0) is 46.5 Å². The Morgan fingerprint density at radius 2 is 2.16 bits per heavy atom. The van der Waals surface area contributed by atoms with Crippen LogP contribution in [0.2, 0.25) is 0 Å². The van der Waals surface area contributed by atoms with Gasteiger partial charge in [-0.25, -0.2) is 0 Å². The predicted octanol–water partition coefficient (Wildman–Crippen LogP) is 4.10. The summed E-state index contributed by atoms with van der Waals surface area (Å²) in [6.45, 7) is 1.55. The molecule has 0 bridgehead atoms. The Labute approximate surface area is 125 Å². The highest BCUT2D eigenvalue weighted by Gasteiger charge is 2.22. The Bertz CT molecular complexity index is 608. The van der Waals surface area contributed by atoms with E-state index >= 15 is 0 Å². The van der Waals surface area contributed by atoms with Crippen LogP contribution >= 0.6 is 27.3 Å². The van der Waals surface area contributed by atoms with Crippen LogP contribution < -0.4 is 0 Å². The number of thiophene rings is 1. The van der Waals surface area contributed by atoms with Crippen LogP contribution in [0, 0.1) is 0 Å². The van der Waals surface area contributed by atoms with Crippen LogP contribution in [0.15, 0.2) is 40.2 Å². The van der Waals surface area contributed by atoms with Crippen molar-refractivity contribution in [2.45, 2.75) is 19.4 Å². The van der Waals surface area contributed by atoms with Crippen molar-refractivity contribution in [2.24, 2.45) is 0 Å². The summed E-state index contributed by atoms with van der Waals surface area (Å²) in [4.78, 5) is 15.8. The summed E-state index contributed by atoms with van der Waals surface area (Å²) < 4.78 is 1.09. The number of nitrogens with zero attached hydrogens (tertiary/aromatic N) is 1. The SMILES string of the molecule is O=C1c2ccccc2CCCN1Cc1cc(Br)cs1. The van der Waals surface area contributed by atoms with Gasteiger partial charge in [0.25, 0.3) is 5.91 Å². The lowest BCUT2D eigenvalue weighted by atomic mass is 10.0. The maximum absolute atomic E-state index is 12.6. The molecule has 1 aliphatic rings. The monoisotopic (exact) mass is 335 g/mol. The lowest BCUT2D eigenvalue weighted by Crippen LogP contribution is -2.30. The number of hydrogen-bond acceptors (Lipinski definition) is 2. The van der Waals surface area contributed by atoms with E-state index in [1.54, 1.807) is 11.3 Å². The minimum Gasteiger partial charge on any atom is -0.333 e. The number of carbonyl (C=O) groups excluding carboxylic acids is 1. The average molecular weight is 336 g/mol. The maximum atomic E-state index is 12.6. The first-order chi connectivity index (χ1) is 9.24. The number of rotatable bonds is 2. The van der Waals surface area contributed by atoms with Gasteiger partial charge in [-0.3, -0.25) is 4.79 Å². The van der Waals surface area contributed by atoms with Crippen LogP contribution in [0.1, 0.15) is 27.2 Å². The molecule has 2 aromatic rings. The predicted molar refractivity (Wildman–Crippen MR) is 81.5 cm³/mol. The summed E-state index contributed by atoms with van der Waals surface area (Å²) in [7, 11) is 0. The molecule has 1 amide bonds. The zero-order valence-corrected chi connectivity index (χ0v) is 12.8. The standard InChI is InChI=1S/C15H14BrNOS/c16-12-8-13(19-10-12)9-17-7-3-5-11-4-1-2-6-14(11)15(17)18/h1-2,4,6,8,10H,3,5,7,9H2. The first-order valence-electron chi connectivity index (χ1n) is 6.34. The molecule has 0 radical (unpaired) electrons. The molecular weight excluding hydrogens is 322 g/mol. The number of amides is 1. The van der Waals surface area contributed by atoms with Crippen LogP contribution in [-0.4, -0.2) is 17.4 Å². The van der Waals surface area contributed by atoms with Crippen LogP contribution in [0.5, 0.6) is 0 Å². The highest BCUT2D eigenvalue weighted by molar-refractivity contribution is 9.10. The molecule has 0 atom stereocenters. The van der Waals surface area contributed by atoms with Gasteiger partial charge in [0, 0.05) is 26.8 Å². The van der Waals surface area contributed by atoms with Gasteiger partial charge < -0.3 is 4.90 Å². The molecule has 0 N–H and O–H groups in total. The Morgan fingerprint density at radius 3 is 2.95 bits per heavy atom. The van der Waals surface area contributed by atoms with Gasteiger partial charge in [0.05, 0.1) is 6.54 Å². The van der Waals surface area contributed by atoms with Crippen molar-refractivity contribution in [3.05, 3.63) is 56.2 Å². The third kappa shape index (κ3) is 2.74. The highest BCUT2D eigenvalue weighted by atomic mass is 79.9. The lowest BCUT2D eigenvalue weighted by molar-refractivity contribution is 0.0750. The van der Waals surface area contributed by atoms with Gasteiger partial charge in [0.2, 0.25) is 0 Å². The van der Waals surface area contributed by atoms with E-state index < -0.39 is 0 Å². The molecule has 98 valence electrons. The van der Waals surface area contributed by atoms with E-state index in [1.807, 2.05) is 23.1 Å². The lowest BCUT2D eigenvalue weighted by Gasteiger charge is -2.20. The van der Waals surface area contributed by atoms with E-state index in [-0.39, 0.29) is 5.91 Å². The van der Waals surface area contributed by atoms with Crippen molar-refractivity contribution >= 4 is 33.2 Å². The van der Waals surface area contributed by atoms with E-state index in [1.165, 1.54) is 10.4 Å². The largest absolute Gasteiger partial charge is 0.333 e. The summed E-state index contributed by atoms with van der Waals surface area (Å²) >= 11 is 5.15. The molecular formula is C15H14BrNOS. The molecule has 3 rings (SSSR count). The second-order valence-electron chi connectivity index (χ2n) is 4.72. The summed E-state index contributed by atoms with van der Waals surface area (Å²) in [5.74, 6) is 0.164. The van der Waals surface area contributed by atoms with Crippen molar-refractivity contribution < 1.29 is 4.79 Å². The number of benzene rings is 1. The molecule has 4 heteroatoms. The van der Waals surface area contributed by atoms with Gasteiger partial charge >= 0.3 is 0 Å². The van der Waals surface area contributed by atoms with Crippen molar-refractivity contribution in [3.63, 3.8) is 0 Å². The normalized spacial score (nSPS) is 15.2. The van der Waals surface area contributed by atoms with Crippen LogP contribution in [0.4, 0.5) is 0 Å². The van der Waals surface area contributed by atoms with E-state index in [2.05, 4.69) is 33.4 Å². The number of hydrogen-bond donors (Lipinski definition) is 0. The van der Waals surface area contributed by atoms with Gasteiger partial charge in [0.1, 0.15) is 0 Å². The third-order valence-electron chi connectivity index (χ3n) is 3.38. The van der Waals surface area contributed by atoms with E-state index in [0.717, 1.165) is 29.4 Å². The van der Waals surface area contributed by atoms with Gasteiger partial charge in [0.15, 0.2) is 0 Å². The number of fused-ring (bicyclic) bond motifs is 1. The topological polar surface area (TPSA) is 20.3 Å². The molecule has 19 heavy (non-hydrogen) atoms. The molecule has 0 spiro atoms. The van der Waals surface area contributed by atoms with E-state index in [4.69, 9.17) is 0 Å². The molecule has 2 heterocycles. The minimum absolute atomic E-state index is 0.164. The minimum atomic E-state index is 0.164. The number of carbonyl (C=O) groups is 1. The molecule has 1 aliphatic heterocycles. The molecule has 0 saturated heterocycles. The molecule has 1 aromatic carbocycles. The van der Waals surface area contributed by atoms with E-state index in [0.29, 0.717) is 6.54 Å². The van der Waals surface area contributed by atoms with Gasteiger partial charge in [-0.2, -0.15) is 0 Å². The Kier molecular flexibility index (Phi) is 3.71. The fraction of sp³-hybridized carbons (Fsp3) is 0.267. The fourth-order valence-corrected chi connectivity index (χ4v) is 3.92. The van der Waals surface area contributed by atoms with Gasteiger partial charge in [-0.1, -0.05) is 18.2 Å². The molecule has 2 nitrogen and oxygen atoms in total. The molecule has 0 unspecified atom stereocenters. The van der Waals surface area contributed by atoms with Crippen LogP contribution in [0.3, 0.4) is 0 Å². The smallest absolute Gasteiger partial charge is 0.254 e. The van der Waals surface area contributed by atoms with E-state index in [9.17, 15) is 4.79 Å². The Hall–Kier alpha value is -1.13. The second-order valence-corrected chi connectivity index (χ2v) is 6.63. The van der Waals surface area contributed by atoms with Crippen molar-refractivity contribution in [1.82, 2.24) is 4.90 Å². The summed E-state index contributed by atoms with van der Waals surface area (Å²) in [5.41, 5.74) is 2.05. The summed E-state index contributed by atoms with van der Waals surface area (Å²) in [6.07, 6.45) is 2.03. The van der Waals surface area contributed by atoms with Crippen LogP contribution in [0.25, 0.3) is 0 Å². The molecule has 0 aliphatic carbocycles. The summed E-state index contributed by atoms with van der Waals surface area (Å²) in [5, 5.41) is 2.06. The third-order valence-corrected chi connectivity index (χ3v) is 5.06. The molecule has 0 saturated carbocycles.